The third kappa shape index (κ3) is 9.38. The molecule has 0 aromatic heterocycles. The molecule has 0 amide bonds. The number of ether oxygens (including phenoxy) is 4. The van der Waals surface area contributed by atoms with Gasteiger partial charge in [0.05, 0.1) is 31.8 Å². The highest BCUT2D eigenvalue weighted by Gasteiger charge is 2.31. The van der Waals surface area contributed by atoms with Gasteiger partial charge >= 0.3 is 0 Å². The van der Waals surface area contributed by atoms with Gasteiger partial charge in [-0.15, -0.1) is 0 Å². The molecule has 0 aliphatic rings. The van der Waals surface area contributed by atoms with E-state index >= 15 is 0 Å². The first-order chi connectivity index (χ1) is 8.95. The van der Waals surface area contributed by atoms with Crippen LogP contribution in [0, 0.1) is 17.3 Å². The van der Waals surface area contributed by atoms with Crippen LogP contribution in [0.15, 0.2) is 0 Å². The first-order valence-corrected chi connectivity index (χ1v) is 7.09. The zero-order chi connectivity index (χ0) is 14.7. The first-order valence-electron chi connectivity index (χ1n) is 7.09. The maximum atomic E-state index is 5.78. The fraction of sp³-hybridized carbons (Fsp3) is 1.00. The molecule has 0 radical (unpaired) electrons. The molecule has 0 heterocycles. The normalized spacial score (nSPS) is 12.6. The van der Waals surface area contributed by atoms with Gasteiger partial charge in [-0.05, 0) is 11.8 Å². The molecule has 4 heteroatoms. The molecule has 0 aliphatic heterocycles. The summed E-state index contributed by atoms with van der Waals surface area (Å²) in [6.07, 6.45) is 0. The molecule has 0 saturated carbocycles. The van der Waals surface area contributed by atoms with Gasteiger partial charge in [-0.2, -0.15) is 0 Å². The van der Waals surface area contributed by atoms with Crippen LogP contribution in [0.2, 0.25) is 0 Å². The summed E-state index contributed by atoms with van der Waals surface area (Å²) in [4.78, 5) is 0. The Hall–Kier alpha value is -0.160. The molecule has 0 N–H and O–H groups in total. The van der Waals surface area contributed by atoms with Crippen LogP contribution in [-0.2, 0) is 18.9 Å². The van der Waals surface area contributed by atoms with Gasteiger partial charge in [-0.3, -0.25) is 0 Å². The summed E-state index contributed by atoms with van der Waals surface area (Å²) in [5.41, 5.74) is -0.215. The van der Waals surface area contributed by atoms with Crippen LogP contribution in [0.1, 0.15) is 27.7 Å². The summed E-state index contributed by atoms with van der Waals surface area (Å²) in [5, 5.41) is 0. The molecule has 0 atom stereocenters. The largest absolute Gasteiger partial charge is 0.384 e. The van der Waals surface area contributed by atoms with Gasteiger partial charge < -0.3 is 18.9 Å². The van der Waals surface area contributed by atoms with E-state index in [1.54, 1.807) is 14.2 Å². The van der Waals surface area contributed by atoms with Crippen molar-refractivity contribution in [2.45, 2.75) is 27.7 Å². The standard InChI is InChI=1S/C15H32O4/c1-13(2)7-18-11-15(9-16-5,10-17-6)12-19-8-14(3)4/h13-14H,7-12H2,1-6H3. The fourth-order valence-corrected chi connectivity index (χ4v) is 1.88. The van der Waals surface area contributed by atoms with E-state index in [1.165, 1.54) is 0 Å². The van der Waals surface area contributed by atoms with Crippen molar-refractivity contribution >= 4 is 0 Å². The minimum Gasteiger partial charge on any atom is -0.384 e. The molecule has 0 saturated heterocycles. The minimum atomic E-state index is -0.215. The van der Waals surface area contributed by atoms with Gasteiger partial charge in [0, 0.05) is 27.4 Å². The lowest BCUT2D eigenvalue weighted by Crippen LogP contribution is -2.41. The van der Waals surface area contributed by atoms with Crippen LogP contribution in [0.4, 0.5) is 0 Å². The second kappa shape index (κ2) is 10.6. The van der Waals surface area contributed by atoms with Crippen LogP contribution in [0.3, 0.4) is 0 Å². The molecule has 116 valence electrons. The molecule has 0 fully saturated rings. The third-order valence-corrected chi connectivity index (χ3v) is 2.62. The van der Waals surface area contributed by atoms with Crippen molar-refractivity contribution in [1.29, 1.82) is 0 Å². The van der Waals surface area contributed by atoms with Gasteiger partial charge in [-0.25, -0.2) is 0 Å². The summed E-state index contributed by atoms with van der Waals surface area (Å²) < 4.78 is 22.2. The van der Waals surface area contributed by atoms with E-state index in [2.05, 4.69) is 27.7 Å². The fourth-order valence-electron chi connectivity index (χ4n) is 1.88. The Morgan fingerprint density at radius 1 is 0.684 bits per heavy atom. The van der Waals surface area contributed by atoms with Crippen LogP contribution >= 0.6 is 0 Å². The maximum absolute atomic E-state index is 5.78. The van der Waals surface area contributed by atoms with Gasteiger partial charge in [0.15, 0.2) is 0 Å². The molecule has 0 unspecified atom stereocenters. The number of hydrogen-bond donors (Lipinski definition) is 0. The molecular formula is C15H32O4. The van der Waals surface area contributed by atoms with Crippen LogP contribution < -0.4 is 0 Å². The molecule has 0 spiro atoms. The number of methoxy groups -OCH3 is 2. The molecule has 0 aromatic rings. The summed E-state index contributed by atoms with van der Waals surface area (Å²) in [6, 6.07) is 0. The van der Waals surface area contributed by atoms with E-state index in [1.807, 2.05) is 0 Å². The van der Waals surface area contributed by atoms with Gasteiger partial charge in [0.2, 0.25) is 0 Å². The zero-order valence-electron chi connectivity index (χ0n) is 13.5. The Morgan fingerprint density at radius 3 is 1.32 bits per heavy atom. The Morgan fingerprint density at radius 2 is 1.05 bits per heavy atom. The van der Waals surface area contributed by atoms with E-state index in [-0.39, 0.29) is 5.41 Å². The van der Waals surface area contributed by atoms with Gasteiger partial charge in [0.1, 0.15) is 0 Å². The second-order valence-electron chi connectivity index (χ2n) is 6.18. The Kier molecular flexibility index (Phi) is 10.5. The van der Waals surface area contributed by atoms with Crippen LogP contribution in [0.25, 0.3) is 0 Å². The predicted molar refractivity (Wildman–Crippen MR) is 77.5 cm³/mol. The average Bonchev–Trinajstić information content (AvgIpc) is 2.28. The zero-order valence-corrected chi connectivity index (χ0v) is 13.5. The minimum absolute atomic E-state index is 0.215. The predicted octanol–water partition coefficient (Wildman–Crippen LogP) is 2.61. The highest BCUT2D eigenvalue weighted by molar-refractivity contribution is 4.79. The van der Waals surface area contributed by atoms with Gasteiger partial charge in [-0.1, -0.05) is 27.7 Å². The van der Waals surface area contributed by atoms with Crippen LogP contribution in [-0.4, -0.2) is 53.9 Å². The topological polar surface area (TPSA) is 36.9 Å². The molecule has 0 aliphatic carbocycles. The van der Waals surface area contributed by atoms with Crippen molar-refractivity contribution in [3.8, 4) is 0 Å². The van der Waals surface area contributed by atoms with Crippen LogP contribution in [0.5, 0.6) is 0 Å². The molecule has 19 heavy (non-hydrogen) atoms. The quantitative estimate of drug-likeness (QED) is 0.549. The van der Waals surface area contributed by atoms with E-state index in [4.69, 9.17) is 18.9 Å². The molecule has 0 aromatic carbocycles. The highest BCUT2D eigenvalue weighted by Crippen LogP contribution is 2.20. The lowest BCUT2D eigenvalue weighted by molar-refractivity contribution is -0.0981. The maximum Gasteiger partial charge on any atom is 0.0637 e. The first kappa shape index (κ1) is 18.8. The van der Waals surface area contributed by atoms with E-state index in [0.717, 1.165) is 13.2 Å². The highest BCUT2D eigenvalue weighted by atomic mass is 16.5. The summed E-state index contributed by atoms with van der Waals surface area (Å²) in [6.45, 7) is 12.4. The third-order valence-electron chi connectivity index (χ3n) is 2.62. The molecule has 0 bridgehead atoms. The van der Waals surface area contributed by atoms with Crippen molar-refractivity contribution < 1.29 is 18.9 Å². The van der Waals surface area contributed by atoms with E-state index in [0.29, 0.717) is 38.3 Å². The number of rotatable bonds is 12. The van der Waals surface area contributed by atoms with E-state index < -0.39 is 0 Å². The Labute approximate surface area is 118 Å². The lowest BCUT2D eigenvalue weighted by atomic mass is 9.92. The molecule has 4 nitrogen and oxygen atoms in total. The monoisotopic (exact) mass is 276 g/mol. The van der Waals surface area contributed by atoms with Crippen molar-refractivity contribution in [3.05, 3.63) is 0 Å². The van der Waals surface area contributed by atoms with E-state index in [9.17, 15) is 0 Å². The van der Waals surface area contributed by atoms with Crippen molar-refractivity contribution in [1.82, 2.24) is 0 Å². The Balaban J connectivity index is 4.38. The molecule has 0 rings (SSSR count). The second-order valence-corrected chi connectivity index (χ2v) is 6.18. The summed E-state index contributed by atoms with van der Waals surface area (Å²) in [5.74, 6) is 1.05. The van der Waals surface area contributed by atoms with Crippen molar-refractivity contribution in [2.24, 2.45) is 17.3 Å². The lowest BCUT2D eigenvalue weighted by Gasteiger charge is -2.32. The van der Waals surface area contributed by atoms with Crippen molar-refractivity contribution in [3.63, 3.8) is 0 Å². The summed E-state index contributed by atoms with van der Waals surface area (Å²) in [7, 11) is 3.41. The average molecular weight is 276 g/mol. The number of hydrogen-bond acceptors (Lipinski definition) is 4. The Bertz CT molecular complexity index is 182. The molecular weight excluding hydrogens is 244 g/mol. The van der Waals surface area contributed by atoms with Gasteiger partial charge in [0.25, 0.3) is 0 Å². The SMILES string of the molecule is COCC(COC)(COCC(C)C)COCC(C)C. The van der Waals surface area contributed by atoms with Crippen molar-refractivity contribution in [2.75, 3.05) is 53.9 Å². The smallest absolute Gasteiger partial charge is 0.0637 e. The summed E-state index contributed by atoms with van der Waals surface area (Å²) >= 11 is 0.